The summed E-state index contributed by atoms with van der Waals surface area (Å²) in [7, 11) is 3.41. The van der Waals surface area contributed by atoms with Gasteiger partial charge in [0.2, 0.25) is 5.69 Å². The van der Waals surface area contributed by atoms with Crippen molar-refractivity contribution in [3.05, 3.63) is 47.5 Å². The highest BCUT2D eigenvalue weighted by Gasteiger charge is 2.42. The highest BCUT2D eigenvalue weighted by molar-refractivity contribution is 5.86. The van der Waals surface area contributed by atoms with E-state index in [1.54, 1.807) is 14.2 Å². The molecule has 0 aromatic heterocycles. The number of fused-ring (bicyclic) bond motifs is 2. The quantitative estimate of drug-likeness (QED) is 0.609. The van der Waals surface area contributed by atoms with Crippen LogP contribution in [-0.4, -0.2) is 44.8 Å². The number of hydrogen-bond acceptors (Lipinski definition) is 2. The third-order valence-electron chi connectivity index (χ3n) is 5.75. The lowest BCUT2D eigenvalue weighted by Crippen LogP contribution is -2.58. The van der Waals surface area contributed by atoms with Crippen LogP contribution in [0.4, 0.5) is 11.4 Å². The SMILES string of the molecule is COc1cc(OC)cc([N+]2=Cc3cc(C)ccc3[N+]3(CCCCC3)C2)c1. The average molecular weight is 352 g/mol. The molecule has 2 aliphatic heterocycles. The second-order valence-electron chi connectivity index (χ2n) is 7.53. The summed E-state index contributed by atoms with van der Waals surface area (Å²) in [4.78, 5) is 0. The monoisotopic (exact) mass is 352 g/mol. The van der Waals surface area contributed by atoms with E-state index in [0.717, 1.165) is 28.3 Å². The van der Waals surface area contributed by atoms with E-state index in [0.29, 0.717) is 0 Å². The second kappa shape index (κ2) is 6.76. The summed E-state index contributed by atoms with van der Waals surface area (Å²) in [6.45, 7) is 5.55. The molecule has 2 heterocycles. The Morgan fingerprint density at radius 2 is 1.58 bits per heavy atom. The topological polar surface area (TPSA) is 21.5 Å². The molecular weight excluding hydrogens is 324 g/mol. The lowest BCUT2D eigenvalue weighted by Gasteiger charge is -2.40. The molecule has 4 heteroatoms. The molecule has 0 atom stereocenters. The molecule has 0 bridgehead atoms. The first-order valence-corrected chi connectivity index (χ1v) is 9.45. The van der Waals surface area contributed by atoms with E-state index in [1.807, 2.05) is 6.07 Å². The molecule has 0 unspecified atom stereocenters. The molecule has 26 heavy (non-hydrogen) atoms. The summed E-state index contributed by atoms with van der Waals surface area (Å²) in [5, 5.41) is 0. The van der Waals surface area contributed by atoms with Crippen molar-refractivity contribution in [2.75, 3.05) is 34.0 Å². The van der Waals surface area contributed by atoms with E-state index in [9.17, 15) is 0 Å². The predicted octanol–water partition coefficient (Wildman–Crippen LogP) is 4.24. The molecule has 0 saturated carbocycles. The van der Waals surface area contributed by atoms with E-state index in [1.165, 1.54) is 49.2 Å². The molecule has 136 valence electrons. The molecule has 1 spiro atoms. The van der Waals surface area contributed by atoms with Crippen LogP contribution in [0, 0.1) is 6.92 Å². The van der Waals surface area contributed by atoms with Crippen LogP contribution in [0.5, 0.6) is 11.5 Å². The molecule has 0 aliphatic carbocycles. The lowest BCUT2D eigenvalue weighted by atomic mass is 10.0. The molecule has 4 rings (SSSR count). The normalized spacial score (nSPS) is 18.2. The van der Waals surface area contributed by atoms with Crippen LogP contribution in [0.3, 0.4) is 0 Å². The maximum atomic E-state index is 5.49. The number of aryl methyl sites for hydroxylation is 1. The zero-order valence-corrected chi connectivity index (χ0v) is 16.0. The number of benzene rings is 2. The van der Waals surface area contributed by atoms with Gasteiger partial charge in [0, 0.05) is 12.1 Å². The molecule has 2 aliphatic rings. The van der Waals surface area contributed by atoms with Gasteiger partial charge in [0.15, 0.2) is 11.9 Å². The summed E-state index contributed by atoms with van der Waals surface area (Å²) in [6.07, 6.45) is 6.22. The molecule has 0 radical (unpaired) electrons. The maximum Gasteiger partial charge on any atom is 0.281 e. The summed E-state index contributed by atoms with van der Waals surface area (Å²) >= 11 is 0. The van der Waals surface area contributed by atoms with Crippen LogP contribution >= 0.6 is 0 Å². The number of hydrogen-bond donors (Lipinski definition) is 0. The van der Waals surface area contributed by atoms with Crippen LogP contribution in [0.1, 0.15) is 30.4 Å². The van der Waals surface area contributed by atoms with Gasteiger partial charge in [-0.1, -0.05) is 6.07 Å². The van der Waals surface area contributed by atoms with E-state index in [4.69, 9.17) is 9.47 Å². The number of piperidine rings is 1. The zero-order valence-electron chi connectivity index (χ0n) is 16.0. The van der Waals surface area contributed by atoms with Gasteiger partial charge in [0.05, 0.1) is 45.0 Å². The van der Waals surface area contributed by atoms with Crippen LogP contribution in [-0.2, 0) is 0 Å². The number of methoxy groups -OCH3 is 2. The van der Waals surface area contributed by atoms with Gasteiger partial charge in [0.1, 0.15) is 11.5 Å². The summed E-state index contributed by atoms with van der Waals surface area (Å²) in [5.41, 5.74) is 5.23. The standard InChI is InChI=1S/C22H28N2O2/c1-17-7-8-22-18(11-17)15-23(16-24(22)9-5-4-6-10-24)19-12-20(25-2)14-21(13-19)26-3/h7-8,11-15H,4-6,9-10,16H2,1-3H3/q+2. The van der Waals surface area contributed by atoms with Gasteiger partial charge in [0.25, 0.3) is 6.67 Å². The first kappa shape index (κ1) is 17.1. The first-order valence-electron chi connectivity index (χ1n) is 9.45. The second-order valence-corrected chi connectivity index (χ2v) is 7.53. The fourth-order valence-corrected chi connectivity index (χ4v) is 4.40. The Labute approximate surface area is 155 Å². The Bertz CT molecular complexity index is 829. The largest absolute Gasteiger partial charge is 0.496 e. The lowest BCUT2D eigenvalue weighted by molar-refractivity contribution is -0.463. The number of quaternary nitrogens is 1. The average Bonchev–Trinajstić information content (AvgIpc) is 2.67. The van der Waals surface area contributed by atoms with Crippen molar-refractivity contribution in [3.63, 3.8) is 0 Å². The van der Waals surface area contributed by atoms with Crippen molar-refractivity contribution < 1.29 is 14.0 Å². The summed E-state index contributed by atoms with van der Waals surface area (Å²) in [6, 6.07) is 13.0. The van der Waals surface area contributed by atoms with Crippen LogP contribution in [0.2, 0.25) is 0 Å². The van der Waals surface area contributed by atoms with Gasteiger partial charge in [-0.3, -0.25) is 0 Å². The van der Waals surface area contributed by atoms with Gasteiger partial charge in [-0.2, -0.15) is 0 Å². The molecule has 2 aromatic rings. The minimum Gasteiger partial charge on any atom is -0.496 e. The number of rotatable bonds is 3. The van der Waals surface area contributed by atoms with E-state index >= 15 is 0 Å². The molecule has 0 N–H and O–H groups in total. The van der Waals surface area contributed by atoms with Crippen molar-refractivity contribution in [1.29, 1.82) is 0 Å². The molecular formula is C22H28N2O2+2. The zero-order chi connectivity index (χ0) is 18.1. The molecule has 4 nitrogen and oxygen atoms in total. The molecule has 2 aromatic carbocycles. The van der Waals surface area contributed by atoms with Crippen molar-refractivity contribution in [3.8, 4) is 11.5 Å². The minimum absolute atomic E-state index is 0.827. The fourth-order valence-electron chi connectivity index (χ4n) is 4.40. The first-order chi connectivity index (χ1) is 12.6. The molecule has 1 saturated heterocycles. The van der Waals surface area contributed by atoms with Gasteiger partial charge < -0.3 is 9.47 Å². The molecule has 0 amide bonds. The van der Waals surface area contributed by atoms with Crippen molar-refractivity contribution >= 4 is 17.6 Å². The minimum atomic E-state index is 0.827. The van der Waals surface area contributed by atoms with Gasteiger partial charge >= 0.3 is 0 Å². The molecule has 1 fully saturated rings. The third-order valence-corrected chi connectivity index (χ3v) is 5.75. The fraction of sp³-hybridized carbons (Fsp3) is 0.409. The van der Waals surface area contributed by atoms with Gasteiger partial charge in [-0.25, -0.2) is 4.48 Å². The summed E-state index contributed by atoms with van der Waals surface area (Å²) < 4.78 is 14.4. The smallest absolute Gasteiger partial charge is 0.281 e. The Morgan fingerprint density at radius 1 is 0.885 bits per heavy atom. The van der Waals surface area contributed by atoms with E-state index < -0.39 is 0 Å². The highest BCUT2D eigenvalue weighted by Crippen LogP contribution is 2.37. The predicted molar refractivity (Wildman–Crippen MR) is 106 cm³/mol. The van der Waals surface area contributed by atoms with Crippen molar-refractivity contribution in [2.45, 2.75) is 26.2 Å². The Hall–Kier alpha value is -2.33. The van der Waals surface area contributed by atoms with Crippen LogP contribution in [0.15, 0.2) is 36.4 Å². The van der Waals surface area contributed by atoms with E-state index in [-0.39, 0.29) is 0 Å². The van der Waals surface area contributed by atoms with Crippen molar-refractivity contribution in [2.24, 2.45) is 0 Å². The summed E-state index contributed by atoms with van der Waals surface area (Å²) in [5.74, 6) is 1.65. The van der Waals surface area contributed by atoms with Gasteiger partial charge in [-0.05, 0) is 37.8 Å². The van der Waals surface area contributed by atoms with Crippen LogP contribution in [0.25, 0.3) is 0 Å². The van der Waals surface area contributed by atoms with Gasteiger partial charge in [-0.15, -0.1) is 4.58 Å². The highest BCUT2D eigenvalue weighted by atomic mass is 16.5. The van der Waals surface area contributed by atoms with Crippen molar-refractivity contribution in [1.82, 2.24) is 4.48 Å². The Morgan fingerprint density at radius 3 is 2.23 bits per heavy atom. The Kier molecular flexibility index (Phi) is 4.45. The number of nitrogens with zero attached hydrogens (tertiary/aromatic N) is 2. The maximum absolute atomic E-state index is 5.49. The third kappa shape index (κ3) is 2.99. The Balaban J connectivity index is 1.85. The van der Waals surface area contributed by atoms with E-state index in [2.05, 4.69) is 48.0 Å². The van der Waals surface area contributed by atoms with Crippen LogP contribution < -0.4 is 14.0 Å². The number of ether oxygens (including phenoxy) is 2.